The number of methoxy groups -OCH3 is 1. The summed E-state index contributed by atoms with van der Waals surface area (Å²) in [6.45, 7) is 0. The van der Waals surface area contributed by atoms with Crippen LogP contribution in [0.15, 0.2) is 18.2 Å². The minimum absolute atomic E-state index is 0.111. The van der Waals surface area contributed by atoms with Gasteiger partial charge in [-0.3, -0.25) is 0 Å². The summed E-state index contributed by atoms with van der Waals surface area (Å²) in [6.07, 6.45) is 1.35. The molecule has 0 aromatic heterocycles. The lowest BCUT2D eigenvalue weighted by atomic mass is 9.81. The first kappa shape index (κ1) is 16.8. The second-order valence-corrected chi connectivity index (χ2v) is 6.16. The molecule has 0 unspecified atom stereocenters. The molecule has 0 heterocycles. The maximum atomic E-state index is 12.8. The third-order valence-electron chi connectivity index (χ3n) is 4.25. The number of benzene rings is 1. The third-order valence-corrected chi connectivity index (χ3v) is 4.86. The molecule has 2 rings (SSSR count). The molecule has 0 N–H and O–H groups in total. The van der Waals surface area contributed by atoms with Crippen molar-refractivity contribution in [2.45, 2.75) is 49.7 Å². The average Bonchev–Trinajstić information content (AvgIpc) is 2.48. The second kappa shape index (κ2) is 7.14. The number of hydrogen-bond acceptors (Lipinski definition) is 1. The molecule has 0 amide bonds. The van der Waals surface area contributed by atoms with Gasteiger partial charge in [-0.15, -0.1) is 0 Å². The molecule has 1 atom stereocenters. The van der Waals surface area contributed by atoms with Crippen LogP contribution in [0.5, 0.6) is 0 Å². The van der Waals surface area contributed by atoms with Crippen LogP contribution in [-0.4, -0.2) is 7.11 Å². The highest BCUT2D eigenvalue weighted by atomic mass is 79.9. The molecule has 1 nitrogen and oxygen atoms in total. The van der Waals surface area contributed by atoms with Crippen LogP contribution < -0.4 is 0 Å². The molecule has 0 radical (unpaired) electrons. The zero-order valence-electron chi connectivity index (χ0n) is 12.0. The van der Waals surface area contributed by atoms with Gasteiger partial charge in [-0.1, -0.05) is 41.3 Å². The fourth-order valence-corrected chi connectivity index (χ4v) is 3.67. The van der Waals surface area contributed by atoms with Gasteiger partial charge in [0.05, 0.1) is 11.7 Å². The van der Waals surface area contributed by atoms with Crippen molar-refractivity contribution in [1.82, 2.24) is 0 Å². The molecular weight excluding hydrogens is 345 g/mol. The van der Waals surface area contributed by atoms with Gasteiger partial charge in [0.1, 0.15) is 0 Å². The molecular formula is C16H20BrF3O. The van der Waals surface area contributed by atoms with E-state index in [-0.39, 0.29) is 6.10 Å². The first-order valence-corrected chi connectivity index (χ1v) is 8.38. The SMILES string of the molecule is CO[C@@H](c1ccc(C(F)(F)F)cc1CBr)C1CCCCC1. The Labute approximate surface area is 132 Å². The summed E-state index contributed by atoms with van der Waals surface area (Å²) < 4.78 is 44.1. The van der Waals surface area contributed by atoms with Crippen LogP contribution in [0.2, 0.25) is 0 Å². The van der Waals surface area contributed by atoms with Gasteiger partial charge in [0, 0.05) is 12.4 Å². The predicted molar refractivity (Wildman–Crippen MR) is 80.4 cm³/mol. The van der Waals surface area contributed by atoms with Gasteiger partial charge in [0.25, 0.3) is 0 Å². The summed E-state index contributed by atoms with van der Waals surface area (Å²) in [6, 6.07) is 3.98. The average molecular weight is 365 g/mol. The van der Waals surface area contributed by atoms with E-state index in [1.165, 1.54) is 25.3 Å². The highest BCUT2D eigenvalue weighted by Gasteiger charge is 2.32. The van der Waals surface area contributed by atoms with Crippen LogP contribution in [0.3, 0.4) is 0 Å². The van der Waals surface area contributed by atoms with Crippen LogP contribution in [0, 0.1) is 5.92 Å². The number of ether oxygens (including phenoxy) is 1. The Balaban J connectivity index is 2.32. The first-order chi connectivity index (χ1) is 9.97. The van der Waals surface area contributed by atoms with Crippen molar-refractivity contribution < 1.29 is 17.9 Å². The van der Waals surface area contributed by atoms with Crippen molar-refractivity contribution in [3.63, 3.8) is 0 Å². The first-order valence-electron chi connectivity index (χ1n) is 7.26. The standard InChI is InChI=1S/C16H20BrF3O/c1-21-15(11-5-3-2-4-6-11)14-8-7-13(16(18,19)20)9-12(14)10-17/h7-9,11,15H,2-6,10H2,1H3/t15-/m1/s1. The van der Waals surface area contributed by atoms with Crippen LogP contribution >= 0.6 is 15.9 Å². The number of alkyl halides is 4. The van der Waals surface area contributed by atoms with E-state index in [1.807, 2.05) is 0 Å². The molecule has 0 saturated heterocycles. The lowest BCUT2D eigenvalue weighted by molar-refractivity contribution is -0.137. The Morgan fingerprint density at radius 1 is 1.24 bits per heavy atom. The molecule has 0 bridgehead atoms. The Bertz CT molecular complexity index is 467. The minimum atomic E-state index is -4.30. The van der Waals surface area contributed by atoms with E-state index >= 15 is 0 Å². The largest absolute Gasteiger partial charge is 0.416 e. The normalized spacial score (nSPS) is 18.7. The topological polar surface area (TPSA) is 9.23 Å². The van der Waals surface area contributed by atoms with Crippen molar-refractivity contribution in [3.8, 4) is 0 Å². The van der Waals surface area contributed by atoms with Crippen LogP contribution in [0.4, 0.5) is 13.2 Å². The summed E-state index contributed by atoms with van der Waals surface area (Å²) in [7, 11) is 1.65. The van der Waals surface area contributed by atoms with Crippen molar-refractivity contribution in [1.29, 1.82) is 0 Å². The minimum Gasteiger partial charge on any atom is -0.376 e. The molecule has 1 saturated carbocycles. The van der Waals surface area contributed by atoms with Crippen molar-refractivity contribution in [2.75, 3.05) is 7.11 Å². The van der Waals surface area contributed by atoms with E-state index in [0.29, 0.717) is 16.8 Å². The third kappa shape index (κ3) is 4.01. The molecule has 1 aliphatic carbocycles. The molecule has 118 valence electrons. The molecule has 1 aromatic rings. The lowest BCUT2D eigenvalue weighted by Crippen LogP contribution is -2.19. The van der Waals surface area contributed by atoms with Gasteiger partial charge in [-0.25, -0.2) is 0 Å². The Kier molecular flexibility index (Phi) is 5.72. The highest BCUT2D eigenvalue weighted by Crippen LogP contribution is 2.40. The lowest BCUT2D eigenvalue weighted by Gasteiger charge is -2.31. The van der Waals surface area contributed by atoms with Crippen molar-refractivity contribution in [2.24, 2.45) is 5.92 Å². The quantitative estimate of drug-likeness (QED) is 0.607. The van der Waals surface area contributed by atoms with E-state index < -0.39 is 11.7 Å². The summed E-state index contributed by atoms with van der Waals surface area (Å²) in [5.41, 5.74) is 0.954. The number of rotatable bonds is 4. The van der Waals surface area contributed by atoms with E-state index in [9.17, 15) is 13.2 Å². The summed E-state index contributed by atoms with van der Waals surface area (Å²) in [4.78, 5) is 0. The Hall–Kier alpha value is -0.550. The van der Waals surface area contributed by atoms with Gasteiger partial charge in [-0.2, -0.15) is 13.2 Å². The fraction of sp³-hybridized carbons (Fsp3) is 0.625. The second-order valence-electron chi connectivity index (χ2n) is 5.60. The van der Waals surface area contributed by atoms with Crippen LogP contribution in [0.1, 0.15) is 54.9 Å². The van der Waals surface area contributed by atoms with Crippen molar-refractivity contribution >= 4 is 15.9 Å². The van der Waals surface area contributed by atoms with E-state index in [0.717, 1.165) is 24.5 Å². The predicted octanol–water partition coefficient (Wildman–Crippen LogP) is 5.87. The highest BCUT2D eigenvalue weighted by molar-refractivity contribution is 9.08. The van der Waals surface area contributed by atoms with Gasteiger partial charge in [0.2, 0.25) is 0 Å². The van der Waals surface area contributed by atoms with E-state index in [4.69, 9.17) is 4.74 Å². The maximum absolute atomic E-state index is 12.8. The Morgan fingerprint density at radius 2 is 1.90 bits per heavy atom. The fourth-order valence-electron chi connectivity index (χ4n) is 3.19. The van der Waals surface area contributed by atoms with Gasteiger partial charge in [0.15, 0.2) is 0 Å². The van der Waals surface area contributed by atoms with Gasteiger partial charge < -0.3 is 4.74 Å². The number of hydrogen-bond donors (Lipinski definition) is 0. The summed E-state index contributed by atoms with van der Waals surface area (Å²) >= 11 is 3.31. The smallest absolute Gasteiger partial charge is 0.376 e. The van der Waals surface area contributed by atoms with E-state index in [2.05, 4.69) is 15.9 Å². The number of halogens is 4. The van der Waals surface area contributed by atoms with Crippen LogP contribution in [0.25, 0.3) is 0 Å². The van der Waals surface area contributed by atoms with Gasteiger partial charge in [-0.05, 0) is 42.0 Å². The molecule has 0 aliphatic heterocycles. The maximum Gasteiger partial charge on any atom is 0.416 e. The van der Waals surface area contributed by atoms with Gasteiger partial charge >= 0.3 is 6.18 Å². The zero-order valence-corrected chi connectivity index (χ0v) is 13.6. The zero-order chi connectivity index (χ0) is 15.5. The Morgan fingerprint density at radius 3 is 2.43 bits per heavy atom. The molecule has 5 heteroatoms. The molecule has 21 heavy (non-hydrogen) atoms. The summed E-state index contributed by atoms with van der Waals surface area (Å²) in [5.74, 6) is 0.401. The van der Waals surface area contributed by atoms with Crippen molar-refractivity contribution in [3.05, 3.63) is 34.9 Å². The molecule has 0 spiro atoms. The van der Waals surface area contributed by atoms with Crippen LogP contribution in [-0.2, 0) is 16.2 Å². The molecule has 1 aliphatic rings. The molecule has 1 fully saturated rings. The molecule has 1 aromatic carbocycles. The van der Waals surface area contributed by atoms with E-state index in [1.54, 1.807) is 13.2 Å². The monoisotopic (exact) mass is 364 g/mol. The summed E-state index contributed by atoms with van der Waals surface area (Å²) in [5, 5.41) is 0.402.